The van der Waals surface area contributed by atoms with Crippen LogP contribution in [-0.4, -0.2) is 73.8 Å². The average molecular weight is 544 g/mol. The number of oxime groups is 1. The van der Waals surface area contributed by atoms with Crippen molar-refractivity contribution in [1.82, 2.24) is 15.2 Å². The SMILES string of the molecule is CC(C)(C)OC(=O)/C=C/CO/N=C(/C(=O)NC1C(=O)N2C(C(=O)O)=CCS[C@H]12)c1nc(N)sc1Cl. The van der Waals surface area contributed by atoms with E-state index in [4.69, 9.17) is 26.9 Å². The Labute approximate surface area is 213 Å². The molecule has 188 valence electrons. The zero-order chi connectivity index (χ0) is 25.9. The van der Waals surface area contributed by atoms with Crippen LogP contribution in [0.25, 0.3) is 0 Å². The molecular weight excluding hydrogens is 522 g/mol. The molecule has 2 aliphatic rings. The van der Waals surface area contributed by atoms with E-state index in [9.17, 15) is 24.3 Å². The molecule has 1 unspecified atom stereocenters. The molecule has 2 aliphatic heterocycles. The molecule has 15 heteroatoms. The number of nitrogens with one attached hydrogen (secondary N) is 1. The predicted octanol–water partition coefficient (Wildman–Crippen LogP) is 1.37. The number of carboxylic acid groups (broad SMARTS) is 1. The molecule has 0 aromatic carbocycles. The number of anilines is 1. The van der Waals surface area contributed by atoms with Crippen LogP contribution in [0, 0.1) is 0 Å². The Bertz CT molecular complexity index is 1140. The molecule has 3 heterocycles. The average Bonchev–Trinajstić information content (AvgIpc) is 3.09. The number of halogens is 1. The van der Waals surface area contributed by atoms with Crippen LogP contribution in [-0.2, 0) is 28.8 Å². The second-order valence-electron chi connectivity index (χ2n) is 8.12. The number of thioether (sulfide) groups is 1. The molecule has 1 saturated heterocycles. The van der Waals surface area contributed by atoms with Gasteiger partial charge in [-0.1, -0.05) is 28.1 Å². The number of nitrogen functional groups attached to an aromatic ring is 1. The summed E-state index contributed by atoms with van der Waals surface area (Å²) in [5.74, 6) is -2.84. The molecular formula is C20H22ClN5O7S2. The van der Waals surface area contributed by atoms with Gasteiger partial charge in [0.05, 0.1) is 0 Å². The van der Waals surface area contributed by atoms with Crippen LogP contribution in [0.5, 0.6) is 0 Å². The molecule has 0 saturated carbocycles. The van der Waals surface area contributed by atoms with Crippen molar-refractivity contribution in [2.45, 2.75) is 37.8 Å². The zero-order valence-corrected chi connectivity index (χ0v) is 21.2. The molecule has 1 aromatic heterocycles. The number of nitrogens with zero attached hydrogens (tertiary/aromatic N) is 3. The monoisotopic (exact) mass is 543 g/mol. The van der Waals surface area contributed by atoms with Crippen LogP contribution in [0.4, 0.5) is 5.13 Å². The van der Waals surface area contributed by atoms with Crippen LogP contribution >= 0.6 is 34.7 Å². The van der Waals surface area contributed by atoms with Crippen molar-refractivity contribution in [3.8, 4) is 0 Å². The van der Waals surface area contributed by atoms with Crippen LogP contribution in [0.15, 0.2) is 29.1 Å². The summed E-state index contributed by atoms with van der Waals surface area (Å²) in [6, 6.07) is -0.984. The van der Waals surface area contributed by atoms with Gasteiger partial charge in [0.1, 0.15) is 39.4 Å². The Balaban J connectivity index is 1.71. The standard InChI is InChI=1S/C20H22ClN5O7S2/c1-20(2,3)33-10(27)5-4-7-32-25-12(11-14(21)35-19(22)24-11)15(28)23-13-16(29)26-9(18(30)31)6-8-34-17(13)26/h4-6,13,17H,7-8H2,1-3H3,(H2,22,24)(H,23,28)(H,30,31)/b5-4+,25-12+/t13?,17-/m1/s1. The van der Waals surface area contributed by atoms with Crippen molar-refractivity contribution in [3.05, 3.63) is 34.0 Å². The number of carbonyl (C=O) groups is 4. The smallest absolute Gasteiger partial charge is 0.352 e. The van der Waals surface area contributed by atoms with E-state index in [0.29, 0.717) is 5.75 Å². The lowest BCUT2D eigenvalue weighted by molar-refractivity contribution is -0.150. The highest BCUT2D eigenvalue weighted by molar-refractivity contribution is 8.00. The summed E-state index contributed by atoms with van der Waals surface area (Å²) < 4.78 is 5.21. The highest BCUT2D eigenvalue weighted by Gasteiger charge is 2.53. The molecule has 12 nitrogen and oxygen atoms in total. The number of carboxylic acids is 1. The molecule has 2 atom stereocenters. The van der Waals surface area contributed by atoms with E-state index in [1.807, 2.05) is 0 Å². The maximum Gasteiger partial charge on any atom is 0.352 e. The van der Waals surface area contributed by atoms with Gasteiger partial charge in [0.25, 0.3) is 11.8 Å². The number of aliphatic carboxylic acids is 1. The highest BCUT2D eigenvalue weighted by atomic mass is 35.5. The fourth-order valence-electron chi connectivity index (χ4n) is 3.03. The second kappa shape index (κ2) is 10.7. The molecule has 0 spiro atoms. The minimum absolute atomic E-state index is 0.0474. The number of rotatable bonds is 8. The fourth-order valence-corrected chi connectivity index (χ4v) is 5.15. The molecule has 3 rings (SSSR count). The summed E-state index contributed by atoms with van der Waals surface area (Å²) in [5.41, 5.74) is 4.51. The van der Waals surface area contributed by atoms with Gasteiger partial charge in [-0.25, -0.2) is 14.6 Å². The van der Waals surface area contributed by atoms with Crippen molar-refractivity contribution in [2.75, 3.05) is 18.1 Å². The van der Waals surface area contributed by atoms with Gasteiger partial charge in [-0.2, -0.15) is 0 Å². The first-order valence-electron chi connectivity index (χ1n) is 10.1. The molecule has 2 amide bonds. The fraction of sp³-hybridized carbons (Fsp3) is 0.400. The van der Waals surface area contributed by atoms with Gasteiger partial charge in [0.2, 0.25) is 0 Å². The van der Waals surface area contributed by atoms with Crippen molar-refractivity contribution < 1.29 is 33.9 Å². The first-order valence-corrected chi connectivity index (χ1v) is 12.3. The number of esters is 1. The largest absolute Gasteiger partial charge is 0.477 e. The van der Waals surface area contributed by atoms with Gasteiger partial charge in [0.15, 0.2) is 10.8 Å². The summed E-state index contributed by atoms with van der Waals surface area (Å²) in [6.45, 7) is 4.99. The van der Waals surface area contributed by atoms with Crippen LogP contribution in [0.1, 0.15) is 26.5 Å². The number of carbonyl (C=O) groups excluding carboxylic acids is 3. The number of hydrogen-bond donors (Lipinski definition) is 3. The Morgan fingerprint density at radius 3 is 2.74 bits per heavy atom. The summed E-state index contributed by atoms with van der Waals surface area (Å²) in [6.07, 6.45) is 3.93. The molecule has 1 fully saturated rings. The Morgan fingerprint density at radius 2 is 2.14 bits per heavy atom. The van der Waals surface area contributed by atoms with Gasteiger partial charge in [-0.05, 0) is 32.9 Å². The van der Waals surface area contributed by atoms with E-state index in [1.165, 1.54) is 23.9 Å². The van der Waals surface area contributed by atoms with Crippen molar-refractivity contribution >= 4 is 69.3 Å². The number of nitrogens with two attached hydrogens (primary N) is 1. The third-order valence-corrected chi connectivity index (χ3v) is 6.65. The Kier molecular flexibility index (Phi) is 8.07. The van der Waals surface area contributed by atoms with Crippen molar-refractivity contribution in [1.29, 1.82) is 0 Å². The molecule has 0 bridgehead atoms. The minimum Gasteiger partial charge on any atom is -0.477 e. The summed E-state index contributed by atoms with van der Waals surface area (Å²) >= 11 is 8.36. The third-order valence-electron chi connectivity index (χ3n) is 4.38. The molecule has 4 N–H and O–H groups in total. The lowest BCUT2D eigenvalue weighted by Crippen LogP contribution is -2.70. The lowest BCUT2D eigenvalue weighted by atomic mass is 10.0. The highest BCUT2D eigenvalue weighted by Crippen LogP contribution is 2.37. The number of β-lactam (4-membered cyclic amide) rings is 1. The zero-order valence-electron chi connectivity index (χ0n) is 18.8. The van der Waals surface area contributed by atoms with Gasteiger partial charge in [-0.3, -0.25) is 14.5 Å². The first kappa shape index (κ1) is 26.5. The first-order chi connectivity index (χ1) is 16.4. The molecule has 0 aliphatic carbocycles. The summed E-state index contributed by atoms with van der Waals surface area (Å²) in [5, 5.41) is 15.1. The number of fused-ring (bicyclic) bond motifs is 1. The number of thiazole rings is 1. The van der Waals surface area contributed by atoms with E-state index < -0.39 is 40.8 Å². The number of hydrogen-bond acceptors (Lipinski definition) is 11. The van der Waals surface area contributed by atoms with Crippen LogP contribution in [0.2, 0.25) is 4.34 Å². The van der Waals surface area contributed by atoms with Crippen molar-refractivity contribution in [2.24, 2.45) is 5.16 Å². The Hall–Kier alpha value is -3.10. The van der Waals surface area contributed by atoms with E-state index >= 15 is 0 Å². The maximum absolute atomic E-state index is 13.0. The van der Waals surface area contributed by atoms with E-state index in [2.05, 4.69) is 15.5 Å². The van der Waals surface area contributed by atoms with Gasteiger partial charge in [0, 0.05) is 11.8 Å². The number of aromatic nitrogens is 1. The van der Waals surface area contributed by atoms with Gasteiger partial charge >= 0.3 is 11.9 Å². The van der Waals surface area contributed by atoms with Crippen molar-refractivity contribution in [3.63, 3.8) is 0 Å². The lowest BCUT2D eigenvalue weighted by Gasteiger charge is -2.48. The minimum atomic E-state index is -1.23. The topological polar surface area (TPSA) is 174 Å². The maximum atomic E-state index is 13.0. The second-order valence-corrected chi connectivity index (χ2v) is 10.9. The summed E-state index contributed by atoms with van der Waals surface area (Å²) in [4.78, 5) is 58.9. The Morgan fingerprint density at radius 1 is 1.43 bits per heavy atom. The summed E-state index contributed by atoms with van der Waals surface area (Å²) in [7, 11) is 0. The normalized spacial score (nSPS) is 20.1. The van der Waals surface area contributed by atoms with Gasteiger partial charge < -0.3 is 25.7 Å². The number of ether oxygens (including phenoxy) is 1. The van der Waals surface area contributed by atoms with E-state index in [0.717, 1.165) is 22.3 Å². The van der Waals surface area contributed by atoms with E-state index in [-0.39, 0.29) is 33.2 Å². The molecule has 0 radical (unpaired) electrons. The van der Waals surface area contributed by atoms with Crippen LogP contribution in [0.3, 0.4) is 0 Å². The van der Waals surface area contributed by atoms with Crippen LogP contribution < -0.4 is 11.1 Å². The van der Waals surface area contributed by atoms with E-state index in [1.54, 1.807) is 20.8 Å². The molecule has 1 aromatic rings. The number of amides is 2. The quantitative estimate of drug-likeness (QED) is 0.108. The third kappa shape index (κ3) is 6.32. The molecule has 35 heavy (non-hydrogen) atoms. The predicted molar refractivity (Wildman–Crippen MR) is 130 cm³/mol. The van der Waals surface area contributed by atoms with Gasteiger partial charge in [-0.15, -0.1) is 11.8 Å².